The molecule has 3 N–H and O–H groups in total. The van der Waals surface area contributed by atoms with Crippen molar-refractivity contribution in [3.05, 3.63) is 0 Å². The summed E-state index contributed by atoms with van der Waals surface area (Å²) >= 11 is 0. The lowest BCUT2D eigenvalue weighted by Crippen LogP contribution is -2.47. The molecule has 1 fully saturated rings. The van der Waals surface area contributed by atoms with Gasteiger partial charge in [-0.3, -0.25) is 24.6 Å². The third kappa shape index (κ3) is 6.21. The Morgan fingerprint density at radius 2 is 1.75 bits per heavy atom. The molecule has 0 spiro atoms. The number of nitrogens with one attached hydrogen (secondary N) is 3. The Morgan fingerprint density at radius 1 is 1.14 bits per heavy atom. The molecule has 0 bridgehead atoms. The van der Waals surface area contributed by atoms with E-state index in [0.29, 0.717) is 32.1 Å². The van der Waals surface area contributed by atoms with Crippen molar-refractivity contribution < 1.29 is 28.7 Å². The predicted molar refractivity (Wildman–Crippen MR) is 100 cm³/mol. The minimum Gasteiger partial charge on any atom is -0.454 e. The molecule has 0 aliphatic carbocycles. The summed E-state index contributed by atoms with van der Waals surface area (Å²) in [5, 5.41) is 7.25. The van der Waals surface area contributed by atoms with Crippen LogP contribution < -0.4 is 16.0 Å². The highest BCUT2D eigenvalue weighted by atomic mass is 16.5. The molecule has 0 aromatic carbocycles. The van der Waals surface area contributed by atoms with E-state index in [1.165, 1.54) is 0 Å². The van der Waals surface area contributed by atoms with Crippen molar-refractivity contribution in [1.82, 2.24) is 20.9 Å². The molecule has 1 saturated heterocycles. The highest BCUT2D eigenvalue weighted by Crippen LogP contribution is 2.27. The van der Waals surface area contributed by atoms with Crippen LogP contribution in [0.5, 0.6) is 0 Å². The molecule has 0 unspecified atom stereocenters. The molecule has 0 saturated carbocycles. The molecule has 6 amide bonds. The van der Waals surface area contributed by atoms with Gasteiger partial charge in [0, 0.05) is 6.04 Å². The zero-order valence-electron chi connectivity index (χ0n) is 16.9. The minimum absolute atomic E-state index is 0.110. The van der Waals surface area contributed by atoms with Crippen LogP contribution in [0.1, 0.15) is 59.8 Å². The number of amides is 6. The van der Waals surface area contributed by atoms with Gasteiger partial charge in [-0.05, 0) is 26.2 Å². The van der Waals surface area contributed by atoms with Gasteiger partial charge in [-0.15, -0.1) is 0 Å². The third-order valence-electron chi connectivity index (χ3n) is 4.49. The normalized spacial score (nSPS) is 16.4. The van der Waals surface area contributed by atoms with Crippen LogP contribution in [-0.4, -0.2) is 59.5 Å². The van der Waals surface area contributed by atoms with Crippen LogP contribution in [0, 0.1) is 0 Å². The predicted octanol–water partition coefficient (Wildman–Crippen LogP) is 1.04. The number of imide groups is 2. The summed E-state index contributed by atoms with van der Waals surface area (Å²) < 4.78 is 4.78. The van der Waals surface area contributed by atoms with Crippen molar-refractivity contribution in [3.63, 3.8) is 0 Å². The first-order valence-electron chi connectivity index (χ1n) is 9.59. The fourth-order valence-corrected chi connectivity index (χ4v) is 2.98. The lowest BCUT2D eigenvalue weighted by molar-refractivity contribution is -0.151. The topological polar surface area (TPSA) is 134 Å². The minimum atomic E-state index is -0.994. The van der Waals surface area contributed by atoms with Crippen LogP contribution in [0.4, 0.5) is 9.59 Å². The first-order valence-corrected chi connectivity index (χ1v) is 9.59. The number of hydrogen-bond acceptors (Lipinski definition) is 6. The average Bonchev–Trinajstić information content (AvgIpc) is 2.84. The summed E-state index contributed by atoms with van der Waals surface area (Å²) in [5.74, 6) is -2.18. The van der Waals surface area contributed by atoms with E-state index in [4.69, 9.17) is 4.74 Å². The van der Waals surface area contributed by atoms with Crippen LogP contribution in [0.3, 0.4) is 0 Å². The Balaban J connectivity index is 2.54. The molecule has 1 atom stereocenters. The zero-order chi connectivity index (χ0) is 21.3. The van der Waals surface area contributed by atoms with Crippen molar-refractivity contribution in [1.29, 1.82) is 0 Å². The Hall–Kier alpha value is -2.65. The number of carbonyl (C=O) groups is 5. The maximum absolute atomic E-state index is 12.7. The standard InChI is InChI=1S/C18H30N4O6/c1-5-8-18(9-6-2)15(25)22(17(27)21-18)10-14(24)28-11-13(23)20-16(26)19-12(4)7-3/h12H,5-11H2,1-4H3,(H,21,27)(H2,19,20,23,26)/t12-/m1/s1. The van der Waals surface area contributed by atoms with Crippen LogP contribution in [0.2, 0.25) is 0 Å². The first kappa shape index (κ1) is 23.4. The van der Waals surface area contributed by atoms with Gasteiger partial charge >= 0.3 is 18.0 Å². The van der Waals surface area contributed by atoms with Gasteiger partial charge in [0.2, 0.25) is 0 Å². The Bertz CT molecular complexity index is 615. The van der Waals surface area contributed by atoms with Gasteiger partial charge in [0.25, 0.3) is 11.8 Å². The second-order valence-electron chi connectivity index (χ2n) is 6.90. The van der Waals surface area contributed by atoms with Crippen molar-refractivity contribution in [2.24, 2.45) is 0 Å². The van der Waals surface area contributed by atoms with Crippen molar-refractivity contribution in [3.8, 4) is 0 Å². The van der Waals surface area contributed by atoms with Gasteiger partial charge in [-0.2, -0.15) is 0 Å². The van der Waals surface area contributed by atoms with E-state index < -0.39 is 48.5 Å². The zero-order valence-corrected chi connectivity index (χ0v) is 16.9. The fraction of sp³-hybridized carbons (Fsp3) is 0.722. The molecule has 0 aromatic heterocycles. The van der Waals surface area contributed by atoms with Crippen molar-refractivity contribution in [2.45, 2.75) is 71.4 Å². The van der Waals surface area contributed by atoms with Crippen LogP contribution in [0.15, 0.2) is 0 Å². The number of urea groups is 2. The number of hydrogen-bond donors (Lipinski definition) is 3. The van der Waals surface area contributed by atoms with Crippen molar-refractivity contribution in [2.75, 3.05) is 13.2 Å². The molecule has 158 valence electrons. The third-order valence-corrected chi connectivity index (χ3v) is 4.49. The van der Waals surface area contributed by atoms with Gasteiger partial charge in [-0.25, -0.2) is 9.59 Å². The first-order chi connectivity index (χ1) is 13.2. The molecular formula is C18H30N4O6. The van der Waals surface area contributed by atoms with Gasteiger partial charge < -0.3 is 15.4 Å². The molecule has 10 heteroatoms. The summed E-state index contributed by atoms with van der Waals surface area (Å²) in [5.41, 5.74) is -0.994. The quantitative estimate of drug-likeness (QED) is 0.372. The second-order valence-corrected chi connectivity index (χ2v) is 6.90. The SMILES string of the molecule is CCCC1(CCC)NC(=O)N(CC(=O)OCC(=O)NC(=O)N[C@H](C)CC)C1=O. The number of esters is 1. The molecule has 28 heavy (non-hydrogen) atoms. The van der Waals surface area contributed by atoms with Crippen LogP contribution in [0.25, 0.3) is 0 Å². The van der Waals surface area contributed by atoms with E-state index in [9.17, 15) is 24.0 Å². The van der Waals surface area contributed by atoms with E-state index in [0.717, 1.165) is 4.90 Å². The maximum Gasteiger partial charge on any atom is 0.326 e. The van der Waals surface area contributed by atoms with Crippen molar-refractivity contribution >= 4 is 29.8 Å². The molecule has 1 aliphatic rings. The summed E-state index contributed by atoms with van der Waals surface area (Å²) in [6.45, 7) is 6.19. The molecule has 0 radical (unpaired) electrons. The van der Waals surface area contributed by atoms with Gasteiger partial charge in [0.15, 0.2) is 6.61 Å². The van der Waals surface area contributed by atoms with Gasteiger partial charge in [0.05, 0.1) is 0 Å². The number of carbonyl (C=O) groups excluding carboxylic acids is 5. The Kier molecular flexibility index (Phi) is 8.87. The summed E-state index contributed by atoms with van der Waals surface area (Å²) in [6.07, 6.45) is 3.04. The number of nitrogens with zero attached hydrogens (tertiary/aromatic N) is 1. The molecule has 0 aromatic rings. The van der Waals surface area contributed by atoms with Gasteiger partial charge in [0.1, 0.15) is 12.1 Å². The molecular weight excluding hydrogens is 368 g/mol. The lowest BCUT2D eigenvalue weighted by Gasteiger charge is -2.25. The highest BCUT2D eigenvalue weighted by molar-refractivity contribution is 6.08. The van der Waals surface area contributed by atoms with E-state index in [1.54, 1.807) is 6.92 Å². The van der Waals surface area contributed by atoms with E-state index in [2.05, 4.69) is 10.6 Å². The summed E-state index contributed by atoms with van der Waals surface area (Å²) in [6, 6.07) is -1.45. The smallest absolute Gasteiger partial charge is 0.326 e. The average molecular weight is 398 g/mol. The largest absolute Gasteiger partial charge is 0.454 e. The van der Waals surface area contributed by atoms with Gasteiger partial charge in [-0.1, -0.05) is 33.6 Å². The molecule has 1 rings (SSSR count). The monoisotopic (exact) mass is 398 g/mol. The number of rotatable bonds is 10. The van der Waals surface area contributed by atoms with E-state index >= 15 is 0 Å². The van der Waals surface area contributed by atoms with E-state index in [-0.39, 0.29) is 6.04 Å². The highest BCUT2D eigenvalue weighted by Gasteiger charge is 2.50. The molecule has 1 aliphatic heterocycles. The molecule has 1 heterocycles. The van der Waals surface area contributed by atoms with Crippen LogP contribution in [-0.2, 0) is 19.1 Å². The summed E-state index contributed by atoms with van der Waals surface area (Å²) in [7, 11) is 0. The van der Waals surface area contributed by atoms with Crippen LogP contribution >= 0.6 is 0 Å². The molecule has 10 nitrogen and oxygen atoms in total. The Labute approximate surface area is 164 Å². The summed E-state index contributed by atoms with van der Waals surface area (Å²) in [4.78, 5) is 60.8. The Morgan fingerprint density at radius 3 is 2.29 bits per heavy atom. The lowest BCUT2D eigenvalue weighted by atomic mass is 9.88. The number of ether oxygens (including phenoxy) is 1. The van der Waals surface area contributed by atoms with E-state index in [1.807, 2.05) is 26.1 Å². The second kappa shape index (κ2) is 10.6. The maximum atomic E-state index is 12.7. The fourth-order valence-electron chi connectivity index (χ4n) is 2.98.